The fraction of sp³-hybridized carbons (Fsp3) is 0.118. The molecule has 0 saturated heterocycles. The van der Waals surface area contributed by atoms with Gasteiger partial charge in [0, 0.05) is 17.1 Å². The van der Waals surface area contributed by atoms with Gasteiger partial charge in [-0.2, -0.15) is 0 Å². The monoisotopic (exact) mass is 357 g/mol. The molecule has 0 spiro atoms. The van der Waals surface area contributed by atoms with E-state index in [9.17, 15) is 19.0 Å². The number of nitrogens with zero attached hydrogens (tertiary/aromatic N) is 4. The van der Waals surface area contributed by atoms with Gasteiger partial charge in [-0.15, -0.1) is 0 Å². The Hall–Kier alpha value is -3.49. The zero-order chi connectivity index (χ0) is 18.7. The average Bonchev–Trinajstić information content (AvgIpc) is 2.89. The van der Waals surface area contributed by atoms with Crippen LogP contribution >= 0.6 is 0 Å². The number of fused-ring (bicyclic) bond motifs is 3. The standard InChI is InChI=1S/C17H13F2N5O2/c1-6-3-8-11-15(20)21-5-22-17(11)24(16(8)23-7(6)2)14-12(18)9(25)4-10(26)13(14)19/h3-5,25-26H,1-2H3,(H2,20,21,22). The summed E-state index contributed by atoms with van der Waals surface area (Å²) < 4.78 is 30.3. The third kappa shape index (κ3) is 2.00. The summed E-state index contributed by atoms with van der Waals surface area (Å²) in [6, 6.07) is 2.36. The molecule has 7 nitrogen and oxygen atoms in total. The van der Waals surface area contributed by atoms with Gasteiger partial charge >= 0.3 is 0 Å². The molecule has 0 saturated carbocycles. The Balaban J connectivity index is 2.31. The largest absolute Gasteiger partial charge is 0.505 e. The molecular weight excluding hydrogens is 344 g/mol. The van der Waals surface area contributed by atoms with Crippen LogP contribution in [0, 0.1) is 25.5 Å². The maximum absolute atomic E-state index is 14.6. The van der Waals surface area contributed by atoms with Crippen LogP contribution in [-0.2, 0) is 0 Å². The summed E-state index contributed by atoms with van der Waals surface area (Å²) in [7, 11) is 0. The third-order valence-corrected chi connectivity index (χ3v) is 4.36. The van der Waals surface area contributed by atoms with E-state index in [0.717, 1.165) is 16.5 Å². The normalized spacial score (nSPS) is 11.5. The molecule has 0 aliphatic rings. The Morgan fingerprint density at radius 3 is 2.31 bits per heavy atom. The molecule has 132 valence electrons. The summed E-state index contributed by atoms with van der Waals surface area (Å²) in [6.07, 6.45) is 1.16. The molecule has 26 heavy (non-hydrogen) atoms. The Morgan fingerprint density at radius 2 is 1.65 bits per heavy atom. The molecule has 4 aromatic rings. The molecular formula is C17H13F2N5O2. The highest BCUT2D eigenvalue weighted by molar-refractivity contribution is 6.11. The number of halogens is 2. The average molecular weight is 357 g/mol. The lowest BCUT2D eigenvalue weighted by Gasteiger charge is -2.11. The molecule has 4 rings (SSSR count). The van der Waals surface area contributed by atoms with Crippen molar-refractivity contribution in [2.45, 2.75) is 13.8 Å². The fourth-order valence-corrected chi connectivity index (χ4v) is 2.97. The van der Waals surface area contributed by atoms with Gasteiger partial charge in [0.1, 0.15) is 23.5 Å². The van der Waals surface area contributed by atoms with E-state index >= 15 is 0 Å². The summed E-state index contributed by atoms with van der Waals surface area (Å²) in [5.41, 5.74) is 7.03. The molecule has 0 aliphatic carbocycles. The van der Waals surface area contributed by atoms with E-state index in [-0.39, 0.29) is 17.1 Å². The number of rotatable bonds is 1. The van der Waals surface area contributed by atoms with Crippen LogP contribution in [0.1, 0.15) is 11.3 Å². The van der Waals surface area contributed by atoms with Crippen LogP contribution in [-0.4, -0.2) is 29.7 Å². The molecule has 4 N–H and O–H groups in total. The SMILES string of the molecule is Cc1cc2c3c(N)ncnc3n(-c3c(F)c(O)cc(O)c3F)c2nc1C. The molecule has 0 fully saturated rings. The van der Waals surface area contributed by atoms with E-state index in [1.807, 2.05) is 6.92 Å². The molecule has 1 aromatic carbocycles. The molecule has 0 amide bonds. The van der Waals surface area contributed by atoms with Gasteiger partial charge in [-0.1, -0.05) is 0 Å². The smallest absolute Gasteiger partial charge is 0.192 e. The van der Waals surface area contributed by atoms with E-state index in [0.29, 0.717) is 22.5 Å². The van der Waals surface area contributed by atoms with Crippen LogP contribution < -0.4 is 5.73 Å². The van der Waals surface area contributed by atoms with Crippen molar-refractivity contribution in [1.82, 2.24) is 19.5 Å². The minimum Gasteiger partial charge on any atom is -0.505 e. The molecule has 3 heterocycles. The Kier molecular flexibility index (Phi) is 3.23. The lowest BCUT2D eigenvalue weighted by atomic mass is 10.1. The van der Waals surface area contributed by atoms with E-state index in [1.165, 1.54) is 0 Å². The van der Waals surface area contributed by atoms with Crippen LogP contribution in [0.15, 0.2) is 18.5 Å². The molecule has 0 bridgehead atoms. The molecule has 0 aliphatic heterocycles. The first-order valence-electron chi connectivity index (χ1n) is 7.60. The van der Waals surface area contributed by atoms with Gasteiger partial charge in [-0.3, -0.25) is 4.57 Å². The van der Waals surface area contributed by atoms with Crippen molar-refractivity contribution in [3.8, 4) is 17.2 Å². The van der Waals surface area contributed by atoms with E-state index in [2.05, 4.69) is 15.0 Å². The lowest BCUT2D eigenvalue weighted by Crippen LogP contribution is -2.05. The maximum atomic E-state index is 14.6. The third-order valence-electron chi connectivity index (χ3n) is 4.36. The number of phenolic OH excluding ortho intramolecular Hbond substituents is 2. The van der Waals surface area contributed by atoms with Crippen molar-refractivity contribution in [3.05, 3.63) is 41.4 Å². The number of aryl methyl sites for hydroxylation is 2. The van der Waals surface area contributed by atoms with Gasteiger partial charge in [0.25, 0.3) is 0 Å². The van der Waals surface area contributed by atoms with Crippen LogP contribution in [0.4, 0.5) is 14.6 Å². The minimum absolute atomic E-state index is 0.104. The molecule has 0 atom stereocenters. The lowest BCUT2D eigenvalue weighted by molar-refractivity contribution is 0.395. The second kappa shape index (κ2) is 5.25. The van der Waals surface area contributed by atoms with E-state index in [1.54, 1.807) is 13.0 Å². The zero-order valence-electron chi connectivity index (χ0n) is 13.7. The number of phenols is 2. The van der Waals surface area contributed by atoms with Crippen molar-refractivity contribution in [2.75, 3.05) is 5.73 Å². The highest BCUT2D eigenvalue weighted by atomic mass is 19.1. The second-order valence-electron chi connectivity index (χ2n) is 5.95. The highest BCUT2D eigenvalue weighted by Gasteiger charge is 2.26. The van der Waals surface area contributed by atoms with Crippen molar-refractivity contribution in [1.29, 1.82) is 0 Å². The first kappa shape index (κ1) is 16.0. The number of nitrogens with two attached hydrogens (primary N) is 1. The van der Waals surface area contributed by atoms with Crippen LogP contribution in [0.25, 0.3) is 27.8 Å². The number of hydrogen-bond donors (Lipinski definition) is 3. The van der Waals surface area contributed by atoms with Gasteiger partial charge in [0.05, 0.1) is 5.39 Å². The van der Waals surface area contributed by atoms with E-state index in [4.69, 9.17) is 5.73 Å². The summed E-state index contributed by atoms with van der Waals surface area (Å²) in [5, 5.41) is 20.3. The predicted molar refractivity (Wildman–Crippen MR) is 91.3 cm³/mol. The van der Waals surface area contributed by atoms with Gasteiger partial charge in [0.2, 0.25) is 0 Å². The summed E-state index contributed by atoms with van der Waals surface area (Å²) in [4.78, 5) is 12.4. The van der Waals surface area contributed by atoms with Gasteiger partial charge < -0.3 is 15.9 Å². The number of nitrogen functional groups attached to an aromatic ring is 1. The Bertz CT molecular complexity index is 1190. The number of aromatic nitrogens is 4. The molecule has 9 heteroatoms. The minimum atomic E-state index is -1.25. The topological polar surface area (TPSA) is 110 Å². The molecule has 0 unspecified atom stereocenters. The van der Waals surface area contributed by atoms with Crippen molar-refractivity contribution < 1.29 is 19.0 Å². The first-order valence-corrected chi connectivity index (χ1v) is 7.60. The van der Waals surface area contributed by atoms with Crippen molar-refractivity contribution in [3.63, 3.8) is 0 Å². The molecule has 3 aromatic heterocycles. The van der Waals surface area contributed by atoms with Gasteiger partial charge in [-0.25, -0.2) is 23.7 Å². The number of benzene rings is 1. The number of anilines is 1. The summed E-state index contributed by atoms with van der Waals surface area (Å²) in [5.74, 6) is -4.19. The fourth-order valence-electron chi connectivity index (χ4n) is 2.97. The van der Waals surface area contributed by atoms with E-state index < -0.39 is 28.8 Å². The summed E-state index contributed by atoms with van der Waals surface area (Å²) in [6.45, 7) is 3.59. The highest BCUT2D eigenvalue weighted by Crippen LogP contribution is 2.38. The number of aromatic hydroxyl groups is 2. The van der Waals surface area contributed by atoms with Crippen molar-refractivity contribution >= 4 is 27.9 Å². The van der Waals surface area contributed by atoms with Crippen LogP contribution in [0.2, 0.25) is 0 Å². The van der Waals surface area contributed by atoms with Gasteiger partial charge in [0.15, 0.2) is 28.8 Å². The Labute approximate surface area is 145 Å². The summed E-state index contributed by atoms with van der Waals surface area (Å²) >= 11 is 0. The first-order chi connectivity index (χ1) is 12.3. The zero-order valence-corrected chi connectivity index (χ0v) is 13.7. The van der Waals surface area contributed by atoms with Gasteiger partial charge in [-0.05, 0) is 25.5 Å². The number of hydrogen-bond acceptors (Lipinski definition) is 6. The quantitative estimate of drug-likeness (QED) is 0.483. The number of pyridine rings is 1. The van der Waals surface area contributed by atoms with Crippen LogP contribution in [0.3, 0.4) is 0 Å². The predicted octanol–water partition coefficient (Wildman–Crippen LogP) is 2.86. The maximum Gasteiger partial charge on any atom is 0.192 e. The second-order valence-corrected chi connectivity index (χ2v) is 5.95. The Morgan fingerprint density at radius 1 is 1.00 bits per heavy atom. The van der Waals surface area contributed by atoms with Crippen molar-refractivity contribution in [2.24, 2.45) is 0 Å². The van der Waals surface area contributed by atoms with Crippen LogP contribution in [0.5, 0.6) is 11.5 Å². The molecule has 0 radical (unpaired) electrons.